The van der Waals surface area contributed by atoms with Gasteiger partial charge in [0.1, 0.15) is 5.01 Å². The Morgan fingerprint density at radius 3 is 2.96 bits per heavy atom. The molecular formula is C20H24N2O2S. The van der Waals surface area contributed by atoms with E-state index in [4.69, 9.17) is 4.74 Å². The summed E-state index contributed by atoms with van der Waals surface area (Å²) in [6, 6.07) is 8.30. The average molecular weight is 356 g/mol. The highest BCUT2D eigenvalue weighted by Crippen LogP contribution is 2.36. The monoisotopic (exact) mass is 356 g/mol. The minimum absolute atomic E-state index is 0.0373. The Balaban J connectivity index is 1.47. The fourth-order valence-corrected chi connectivity index (χ4v) is 4.92. The largest absolute Gasteiger partial charge is 0.375 e. The number of likely N-dealkylation sites (tertiary alicyclic amines) is 1. The molecule has 0 bridgehead atoms. The number of aromatic nitrogens is 1. The van der Waals surface area contributed by atoms with Crippen molar-refractivity contribution >= 4 is 17.2 Å². The molecule has 5 heteroatoms. The highest BCUT2D eigenvalue weighted by atomic mass is 32.1. The van der Waals surface area contributed by atoms with Crippen LogP contribution in [0.15, 0.2) is 30.5 Å². The Bertz CT molecular complexity index is 765. The van der Waals surface area contributed by atoms with Crippen LogP contribution in [0.2, 0.25) is 0 Å². The molecule has 1 aromatic heterocycles. The van der Waals surface area contributed by atoms with Crippen molar-refractivity contribution in [1.29, 1.82) is 0 Å². The number of carbonyl (C=O) groups is 1. The van der Waals surface area contributed by atoms with Gasteiger partial charge in [0.05, 0.1) is 12.1 Å². The number of hydrogen-bond donors (Lipinski definition) is 0. The fourth-order valence-electron chi connectivity index (χ4n) is 3.90. The number of rotatable bonds is 3. The smallest absolute Gasteiger partial charge is 0.223 e. The van der Waals surface area contributed by atoms with Crippen LogP contribution < -0.4 is 0 Å². The molecule has 0 saturated carbocycles. The SMILES string of the molecule is Cc1ccccc1-c1ncc(CN2CCC3(CCCO3)CCC2=O)s1. The first-order chi connectivity index (χ1) is 12.2. The van der Waals surface area contributed by atoms with Gasteiger partial charge >= 0.3 is 0 Å². The van der Waals surface area contributed by atoms with E-state index in [1.807, 2.05) is 23.2 Å². The molecule has 0 N–H and O–H groups in total. The number of benzene rings is 1. The first-order valence-corrected chi connectivity index (χ1v) is 9.89. The van der Waals surface area contributed by atoms with Crippen LogP contribution in [0.3, 0.4) is 0 Å². The molecule has 4 rings (SSSR count). The Morgan fingerprint density at radius 1 is 1.28 bits per heavy atom. The summed E-state index contributed by atoms with van der Waals surface area (Å²) < 4.78 is 5.99. The van der Waals surface area contributed by atoms with Crippen LogP contribution in [0, 0.1) is 6.92 Å². The van der Waals surface area contributed by atoms with Crippen LogP contribution >= 0.6 is 11.3 Å². The van der Waals surface area contributed by atoms with Crippen LogP contribution in [-0.4, -0.2) is 34.5 Å². The summed E-state index contributed by atoms with van der Waals surface area (Å²) in [5, 5.41) is 1.03. The third-order valence-electron chi connectivity index (χ3n) is 5.45. The van der Waals surface area contributed by atoms with Crippen molar-refractivity contribution < 1.29 is 9.53 Å². The van der Waals surface area contributed by atoms with Crippen LogP contribution in [0.1, 0.15) is 42.5 Å². The second-order valence-electron chi connectivity index (χ2n) is 7.15. The zero-order valence-corrected chi connectivity index (χ0v) is 15.5. The molecule has 1 aromatic carbocycles. The molecule has 2 saturated heterocycles. The van der Waals surface area contributed by atoms with Crippen LogP contribution in [-0.2, 0) is 16.1 Å². The number of thiazole rings is 1. The van der Waals surface area contributed by atoms with Gasteiger partial charge in [-0.15, -0.1) is 11.3 Å². The quantitative estimate of drug-likeness (QED) is 0.828. The molecule has 1 atom stereocenters. The maximum atomic E-state index is 12.5. The van der Waals surface area contributed by atoms with Gasteiger partial charge in [0.2, 0.25) is 5.91 Å². The molecule has 2 aliphatic rings. The number of nitrogens with zero attached hydrogens (tertiary/aromatic N) is 2. The van der Waals surface area contributed by atoms with Crippen molar-refractivity contribution in [2.24, 2.45) is 0 Å². The van der Waals surface area contributed by atoms with Crippen LogP contribution in [0.5, 0.6) is 0 Å². The lowest BCUT2D eigenvalue weighted by atomic mass is 9.92. The maximum Gasteiger partial charge on any atom is 0.223 e. The highest BCUT2D eigenvalue weighted by Gasteiger charge is 2.38. The minimum Gasteiger partial charge on any atom is -0.375 e. The molecule has 25 heavy (non-hydrogen) atoms. The maximum absolute atomic E-state index is 12.5. The first kappa shape index (κ1) is 16.7. The lowest BCUT2D eigenvalue weighted by molar-refractivity contribution is -0.131. The summed E-state index contributed by atoms with van der Waals surface area (Å²) in [5.41, 5.74) is 2.37. The third-order valence-corrected chi connectivity index (χ3v) is 6.46. The summed E-state index contributed by atoms with van der Waals surface area (Å²) in [4.78, 5) is 20.3. The van der Waals surface area contributed by atoms with Crippen molar-refractivity contribution in [3.63, 3.8) is 0 Å². The van der Waals surface area contributed by atoms with Gasteiger partial charge in [0, 0.05) is 36.2 Å². The molecule has 4 nitrogen and oxygen atoms in total. The predicted molar refractivity (Wildman–Crippen MR) is 99.5 cm³/mol. The summed E-state index contributed by atoms with van der Waals surface area (Å²) in [7, 11) is 0. The number of hydrogen-bond acceptors (Lipinski definition) is 4. The second kappa shape index (κ2) is 6.89. The Kier molecular flexibility index (Phi) is 4.61. The van der Waals surface area contributed by atoms with E-state index < -0.39 is 0 Å². The van der Waals surface area contributed by atoms with E-state index in [1.165, 1.54) is 11.1 Å². The summed E-state index contributed by atoms with van der Waals surface area (Å²) in [5.74, 6) is 0.248. The number of carbonyl (C=O) groups excluding carboxylic acids is 1. The molecular weight excluding hydrogens is 332 g/mol. The molecule has 3 heterocycles. The van der Waals surface area contributed by atoms with Gasteiger partial charge in [-0.25, -0.2) is 4.98 Å². The third kappa shape index (κ3) is 3.48. The van der Waals surface area contributed by atoms with Gasteiger partial charge in [-0.2, -0.15) is 0 Å². The average Bonchev–Trinajstić information content (AvgIpc) is 3.24. The molecule has 2 aliphatic heterocycles. The molecule has 2 aromatic rings. The van der Waals surface area contributed by atoms with Gasteiger partial charge in [-0.1, -0.05) is 24.3 Å². The predicted octanol–water partition coefficient (Wildman–Crippen LogP) is 4.18. The van der Waals surface area contributed by atoms with Crippen LogP contribution in [0.25, 0.3) is 10.6 Å². The zero-order chi connectivity index (χ0) is 17.3. The van der Waals surface area contributed by atoms with E-state index in [1.54, 1.807) is 11.3 Å². The second-order valence-corrected chi connectivity index (χ2v) is 8.26. The lowest BCUT2D eigenvalue weighted by Crippen LogP contribution is -2.31. The van der Waals surface area contributed by atoms with E-state index >= 15 is 0 Å². The lowest BCUT2D eigenvalue weighted by Gasteiger charge is -2.26. The van der Waals surface area contributed by atoms with Crippen molar-refractivity contribution in [3.05, 3.63) is 40.9 Å². The first-order valence-electron chi connectivity index (χ1n) is 9.08. The van der Waals surface area contributed by atoms with E-state index in [0.717, 1.165) is 48.7 Å². The summed E-state index contributed by atoms with van der Waals surface area (Å²) in [6.07, 6.45) is 6.59. The van der Waals surface area contributed by atoms with E-state index in [2.05, 4.69) is 24.0 Å². The molecule has 0 aliphatic carbocycles. The van der Waals surface area contributed by atoms with E-state index in [-0.39, 0.29) is 11.5 Å². The van der Waals surface area contributed by atoms with E-state index in [0.29, 0.717) is 13.0 Å². The minimum atomic E-state index is -0.0373. The Labute approximate surface area is 152 Å². The summed E-state index contributed by atoms with van der Waals surface area (Å²) in [6.45, 7) is 4.41. The van der Waals surface area contributed by atoms with Crippen molar-refractivity contribution in [3.8, 4) is 10.6 Å². The van der Waals surface area contributed by atoms with Crippen molar-refractivity contribution in [2.45, 2.75) is 51.2 Å². The van der Waals surface area contributed by atoms with Crippen molar-refractivity contribution in [2.75, 3.05) is 13.2 Å². The van der Waals surface area contributed by atoms with Gasteiger partial charge in [-0.05, 0) is 38.2 Å². The highest BCUT2D eigenvalue weighted by molar-refractivity contribution is 7.15. The molecule has 1 amide bonds. The van der Waals surface area contributed by atoms with Crippen LogP contribution in [0.4, 0.5) is 0 Å². The standard InChI is InChI=1S/C20H24N2O2S/c1-15-5-2-3-6-17(15)19-21-13-16(25-19)14-22-11-10-20(8-4-12-24-20)9-7-18(22)23/h2-3,5-6,13H,4,7-12,14H2,1H3. The normalized spacial score (nSPS) is 24.0. The van der Waals surface area contributed by atoms with E-state index in [9.17, 15) is 4.79 Å². The molecule has 1 unspecified atom stereocenters. The Morgan fingerprint density at radius 2 is 2.16 bits per heavy atom. The summed E-state index contributed by atoms with van der Waals surface area (Å²) >= 11 is 1.69. The van der Waals surface area contributed by atoms with Crippen molar-refractivity contribution in [1.82, 2.24) is 9.88 Å². The molecule has 2 fully saturated rings. The zero-order valence-electron chi connectivity index (χ0n) is 14.7. The molecule has 0 radical (unpaired) electrons. The number of ether oxygens (including phenoxy) is 1. The number of amides is 1. The molecule has 132 valence electrons. The van der Waals surface area contributed by atoms with Gasteiger partial charge in [0.25, 0.3) is 0 Å². The van der Waals surface area contributed by atoms with Gasteiger partial charge < -0.3 is 9.64 Å². The van der Waals surface area contributed by atoms with Gasteiger partial charge in [0.15, 0.2) is 0 Å². The molecule has 1 spiro atoms. The van der Waals surface area contributed by atoms with Gasteiger partial charge in [-0.3, -0.25) is 4.79 Å². The number of aryl methyl sites for hydroxylation is 1. The Hall–Kier alpha value is -1.72. The fraction of sp³-hybridized carbons (Fsp3) is 0.500. The topological polar surface area (TPSA) is 42.4 Å².